The predicted molar refractivity (Wildman–Crippen MR) is 222 cm³/mol. The van der Waals surface area contributed by atoms with E-state index in [4.69, 9.17) is 18.5 Å². The Labute approximate surface area is 328 Å². The standard InChI is InChI=1S/C44H86NO7P/c1-6-8-10-12-14-16-18-20-22-24-26-28-30-32-34-36-39-49-41-43(42-51-53(47,48)50-40-38-45(3,4)5)52-44(46)37-35-33-31-29-27-25-23-21-19-17-15-13-11-9-7-2/h20-23,43H,6-19,24-42H2,1-5H3/b22-20-,23-21-/t43-/m1/s1. The third-order valence-corrected chi connectivity index (χ3v) is 10.4. The van der Waals surface area contributed by atoms with Crippen LogP contribution in [0.2, 0.25) is 0 Å². The maximum Gasteiger partial charge on any atom is 0.306 e. The lowest BCUT2D eigenvalue weighted by atomic mass is 10.1. The van der Waals surface area contributed by atoms with Gasteiger partial charge in [-0.1, -0.05) is 147 Å². The highest BCUT2D eigenvalue weighted by atomic mass is 31.2. The molecule has 0 amide bonds. The van der Waals surface area contributed by atoms with E-state index in [1.54, 1.807) is 0 Å². The number of carbonyl (C=O) groups excluding carboxylic acids is 1. The van der Waals surface area contributed by atoms with Crippen LogP contribution < -0.4 is 4.89 Å². The van der Waals surface area contributed by atoms with Crippen molar-refractivity contribution < 1.29 is 37.3 Å². The van der Waals surface area contributed by atoms with Gasteiger partial charge in [-0.15, -0.1) is 0 Å². The van der Waals surface area contributed by atoms with Crippen molar-refractivity contribution in [2.45, 2.75) is 200 Å². The van der Waals surface area contributed by atoms with Gasteiger partial charge in [0.15, 0.2) is 0 Å². The molecule has 0 N–H and O–H groups in total. The molecule has 0 saturated heterocycles. The molecule has 0 radical (unpaired) electrons. The Balaban J connectivity index is 4.25. The van der Waals surface area contributed by atoms with Crippen molar-refractivity contribution in [3.05, 3.63) is 24.3 Å². The average Bonchev–Trinajstić information content (AvgIpc) is 3.11. The van der Waals surface area contributed by atoms with Crippen LogP contribution in [0.25, 0.3) is 0 Å². The minimum absolute atomic E-state index is 0.0245. The maximum absolute atomic E-state index is 12.7. The number of nitrogens with zero attached hydrogens (tertiary/aromatic N) is 1. The van der Waals surface area contributed by atoms with Gasteiger partial charge in [0.25, 0.3) is 7.82 Å². The summed E-state index contributed by atoms with van der Waals surface area (Å²) in [7, 11) is 1.35. The summed E-state index contributed by atoms with van der Waals surface area (Å²) in [4.78, 5) is 25.0. The number of phosphoric ester groups is 1. The van der Waals surface area contributed by atoms with Crippen LogP contribution >= 0.6 is 7.82 Å². The summed E-state index contributed by atoms with van der Waals surface area (Å²) in [5, 5.41) is 0. The predicted octanol–water partition coefficient (Wildman–Crippen LogP) is 12.2. The molecular weight excluding hydrogens is 685 g/mol. The quantitative estimate of drug-likeness (QED) is 0.0201. The monoisotopic (exact) mass is 772 g/mol. The average molecular weight is 772 g/mol. The molecule has 0 aliphatic carbocycles. The number of ether oxygens (including phenoxy) is 2. The third kappa shape index (κ3) is 42.0. The van der Waals surface area contributed by atoms with Gasteiger partial charge >= 0.3 is 5.97 Å². The fourth-order valence-electron chi connectivity index (χ4n) is 6.01. The lowest BCUT2D eigenvalue weighted by Gasteiger charge is -2.28. The molecule has 0 saturated carbocycles. The van der Waals surface area contributed by atoms with Crippen LogP contribution in [0.1, 0.15) is 194 Å². The Morgan fingerprint density at radius 2 is 0.981 bits per heavy atom. The van der Waals surface area contributed by atoms with E-state index in [0.29, 0.717) is 24.1 Å². The molecule has 0 bridgehead atoms. The zero-order valence-electron chi connectivity index (χ0n) is 35.5. The first-order valence-corrected chi connectivity index (χ1v) is 23.5. The number of esters is 1. The van der Waals surface area contributed by atoms with Crippen molar-refractivity contribution in [2.24, 2.45) is 0 Å². The van der Waals surface area contributed by atoms with E-state index in [1.165, 1.54) is 128 Å². The molecule has 0 aromatic carbocycles. The molecule has 0 heterocycles. The second-order valence-electron chi connectivity index (χ2n) is 16.0. The van der Waals surface area contributed by atoms with E-state index in [1.807, 2.05) is 21.1 Å². The fourth-order valence-corrected chi connectivity index (χ4v) is 6.73. The normalized spacial score (nSPS) is 14.0. The number of hydrogen-bond donors (Lipinski definition) is 0. The number of quaternary nitrogens is 1. The van der Waals surface area contributed by atoms with Crippen LogP contribution in [0, 0.1) is 0 Å². The minimum atomic E-state index is -4.52. The molecule has 0 fully saturated rings. The lowest BCUT2D eigenvalue weighted by Crippen LogP contribution is -2.37. The largest absolute Gasteiger partial charge is 0.756 e. The van der Waals surface area contributed by atoms with Crippen molar-refractivity contribution in [1.29, 1.82) is 0 Å². The highest BCUT2D eigenvalue weighted by molar-refractivity contribution is 7.45. The molecule has 0 aliphatic heterocycles. The first-order valence-electron chi connectivity index (χ1n) is 22.1. The van der Waals surface area contributed by atoms with E-state index in [-0.39, 0.29) is 25.8 Å². The molecule has 2 atom stereocenters. The summed E-state index contributed by atoms with van der Waals surface area (Å²) < 4.78 is 34.6. The van der Waals surface area contributed by atoms with Gasteiger partial charge in [-0.2, -0.15) is 0 Å². The summed E-state index contributed by atoms with van der Waals surface area (Å²) in [6, 6.07) is 0. The van der Waals surface area contributed by atoms with Gasteiger partial charge in [-0.3, -0.25) is 9.36 Å². The number of rotatable bonds is 41. The first-order chi connectivity index (χ1) is 25.6. The highest BCUT2D eigenvalue weighted by Crippen LogP contribution is 2.38. The number of phosphoric acid groups is 1. The molecule has 8 nitrogen and oxygen atoms in total. The summed E-state index contributed by atoms with van der Waals surface area (Å²) >= 11 is 0. The molecular formula is C44H86NO7P. The minimum Gasteiger partial charge on any atom is -0.756 e. The zero-order valence-corrected chi connectivity index (χ0v) is 36.4. The van der Waals surface area contributed by atoms with Gasteiger partial charge in [0.2, 0.25) is 0 Å². The van der Waals surface area contributed by atoms with Crippen molar-refractivity contribution in [3.8, 4) is 0 Å². The van der Waals surface area contributed by atoms with Crippen LogP contribution in [-0.2, 0) is 27.9 Å². The molecule has 0 rings (SSSR count). The molecule has 1 unspecified atom stereocenters. The molecule has 9 heteroatoms. The van der Waals surface area contributed by atoms with E-state index < -0.39 is 13.9 Å². The van der Waals surface area contributed by atoms with Crippen LogP contribution in [0.15, 0.2) is 24.3 Å². The Kier molecular flexibility index (Phi) is 37.2. The molecule has 0 aromatic rings. The summed E-state index contributed by atoms with van der Waals surface area (Å²) in [6.07, 6.45) is 41.8. The number of allylic oxidation sites excluding steroid dienone is 4. The Morgan fingerprint density at radius 1 is 0.566 bits per heavy atom. The smallest absolute Gasteiger partial charge is 0.306 e. The highest BCUT2D eigenvalue weighted by Gasteiger charge is 2.20. The molecule has 314 valence electrons. The van der Waals surface area contributed by atoms with E-state index >= 15 is 0 Å². The zero-order chi connectivity index (χ0) is 39.1. The van der Waals surface area contributed by atoms with Gasteiger partial charge in [0.1, 0.15) is 19.3 Å². The summed E-state index contributed by atoms with van der Waals surface area (Å²) in [5.74, 6) is -0.344. The van der Waals surface area contributed by atoms with Gasteiger partial charge in [-0.05, 0) is 64.2 Å². The van der Waals surface area contributed by atoms with Crippen LogP contribution in [0.3, 0.4) is 0 Å². The first kappa shape index (κ1) is 52.0. The summed E-state index contributed by atoms with van der Waals surface area (Å²) in [5.41, 5.74) is 0. The lowest BCUT2D eigenvalue weighted by molar-refractivity contribution is -0.870. The van der Waals surface area contributed by atoms with Crippen LogP contribution in [0.5, 0.6) is 0 Å². The van der Waals surface area contributed by atoms with Crippen LogP contribution in [-0.4, -0.2) is 70.7 Å². The second kappa shape index (κ2) is 37.9. The number of carbonyl (C=O) groups is 1. The van der Waals surface area contributed by atoms with Crippen molar-refractivity contribution >= 4 is 13.8 Å². The fraction of sp³-hybridized carbons (Fsp3) is 0.886. The molecule has 0 aromatic heterocycles. The Morgan fingerprint density at radius 3 is 1.43 bits per heavy atom. The van der Waals surface area contributed by atoms with Gasteiger partial charge in [0, 0.05) is 13.0 Å². The Bertz CT molecular complexity index is 905. The van der Waals surface area contributed by atoms with Crippen molar-refractivity contribution in [2.75, 3.05) is 54.1 Å². The van der Waals surface area contributed by atoms with Gasteiger partial charge in [-0.25, -0.2) is 0 Å². The van der Waals surface area contributed by atoms with Crippen LogP contribution in [0.4, 0.5) is 0 Å². The molecule has 0 spiro atoms. The third-order valence-electron chi connectivity index (χ3n) is 9.48. The number of likely N-dealkylation sites (N-methyl/N-ethyl adjacent to an activating group) is 1. The summed E-state index contributed by atoms with van der Waals surface area (Å²) in [6.45, 7) is 5.39. The number of unbranched alkanes of at least 4 members (excludes halogenated alkanes) is 23. The van der Waals surface area contributed by atoms with Crippen molar-refractivity contribution in [3.63, 3.8) is 0 Å². The maximum atomic E-state index is 12.7. The molecule has 53 heavy (non-hydrogen) atoms. The van der Waals surface area contributed by atoms with E-state index in [2.05, 4.69) is 38.2 Å². The SMILES string of the molecule is CCCCCCCC/C=C\CCCCCCCCOC[C@H](COP(=O)([O-])OCC[N+](C)(C)C)OC(=O)CCCCCCC/C=C\CCCCCCCC. The number of hydrogen-bond acceptors (Lipinski definition) is 7. The van der Waals surface area contributed by atoms with Gasteiger partial charge in [0.05, 0.1) is 34.4 Å². The van der Waals surface area contributed by atoms with E-state index in [9.17, 15) is 14.3 Å². The van der Waals surface area contributed by atoms with Gasteiger partial charge < -0.3 is 27.9 Å². The van der Waals surface area contributed by atoms with Crippen molar-refractivity contribution in [1.82, 2.24) is 0 Å². The van der Waals surface area contributed by atoms with E-state index in [0.717, 1.165) is 44.9 Å². The topological polar surface area (TPSA) is 94.1 Å². The Hall–Kier alpha value is -1.02. The molecule has 0 aliphatic rings. The second-order valence-corrected chi connectivity index (χ2v) is 17.5.